The number of aliphatic imine (C=N–C) groups is 1. The number of aromatic nitrogens is 2. The number of nitrogens with two attached hydrogens (primary N) is 1. The highest BCUT2D eigenvalue weighted by atomic mass is 16.1. The molecule has 1 radical (unpaired) electrons. The van der Waals surface area contributed by atoms with Crippen molar-refractivity contribution in [2.75, 3.05) is 0 Å². The summed E-state index contributed by atoms with van der Waals surface area (Å²) in [5, 5.41) is 0. The third kappa shape index (κ3) is 4.03. The Bertz CT molecular complexity index is 318. The van der Waals surface area contributed by atoms with Crippen LogP contribution in [-0.4, -0.2) is 28.1 Å². The Morgan fingerprint density at radius 2 is 2.60 bits per heavy atom. The van der Waals surface area contributed by atoms with E-state index in [2.05, 4.69) is 15.0 Å². The highest BCUT2D eigenvalue weighted by Crippen LogP contribution is 1.97. The summed E-state index contributed by atoms with van der Waals surface area (Å²) in [7, 11) is 0. The van der Waals surface area contributed by atoms with Crippen LogP contribution in [0, 0.1) is 6.42 Å². The van der Waals surface area contributed by atoms with Gasteiger partial charge in [-0.3, -0.25) is 4.79 Å². The predicted octanol–water partition coefficient (Wildman–Crippen LogP) is 0.491. The number of imidazole rings is 1. The second-order valence-electron chi connectivity index (χ2n) is 3.15. The fraction of sp³-hybridized carbons (Fsp3) is 0.400. The molecule has 0 aromatic carbocycles. The maximum atomic E-state index is 11.4. The summed E-state index contributed by atoms with van der Waals surface area (Å²) in [6.45, 7) is 1.97. The Balaban J connectivity index is 2.39. The first-order valence-corrected chi connectivity index (χ1v) is 4.86. The van der Waals surface area contributed by atoms with Crippen LogP contribution in [0.5, 0.6) is 0 Å². The third-order valence-corrected chi connectivity index (χ3v) is 1.85. The van der Waals surface area contributed by atoms with Crippen molar-refractivity contribution in [1.82, 2.24) is 9.97 Å². The van der Waals surface area contributed by atoms with E-state index in [9.17, 15) is 4.79 Å². The summed E-state index contributed by atoms with van der Waals surface area (Å²) in [5.74, 6) is -0.311. The Morgan fingerprint density at radius 1 is 1.80 bits per heavy atom. The van der Waals surface area contributed by atoms with Gasteiger partial charge in [-0.15, -0.1) is 0 Å². The molecule has 0 saturated heterocycles. The van der Waals surface area contributed by atoms with Gasteiger partial charge in [0.15, 0.2) is 0 Å². The van der Waals surface area contributed by atoms with E-state index in [4.69, 9.17) is 5.73 Å². The molecule has 0 saturated carbocycles. The van der Waals surface area contributed by atoms with Gasteiger partial charge in [0.2, 0.25) is 0 Å². The quantitative estimate of drug-likeness (QED) is 0.689. The summed E-state index contributed by atoms with van der Waals surface area (Å²) >= 11 is 0. The number of unbranched alkanes of at least 4 members (excludes halogenated alkanes) is 1. The van der Waals surface area contributed by atoms with Crippen LogP contribution >= 0.6 is 0 Å². The SMILES string of the molecule is CC[CH]C=NC(=O)[C@@H](N)Cc1cnc[nH]1. The predicted molar refractivity (Wildman–Crippen MR) is 58.4 cm³/mol. The van der Waals surface area contributed by atoms with Crippen LogP contribution in [0.15, 0.2) is 17.5 Å². The lowest BCUT2D eigenvalue weighted by molar-refractivity contribution is -0.118. The second kappa shape index (κ2) is 6.08. The van der Waals surface area contributed by atoms with Crippen LogP contribution in [0.1, 0.15) is 19.0 Å². The van der Waals surface area contributed by atoms with Crippen molar-refractivity contribution in [3.63, 3.8) is 0 Å². The summed E-state index contributed by atoms with van der Waals surface area (Å²) in [5.41, 5.74) is 6.50. The first-order valence-electron chi connectivity index (χ1n) is 4.86. The highest BCUT2D eigenvalue weighted by molar-refractivity contribution is 5.90. The lowest BCUT2D eigenvalue weighted by Gasteiger charge is -2.04. The fourth-order valence-corrected chi connectivity index (χ4v) is 1.05. The van der Waals surface area contributed by atoms with Crippen molar-refractivity contribution in [2.45, 2.75) is 25.8 Å². The van der Waals surface area contributed by atoms with Crippen molar-refractivity contribution in [3.8, 4) is 0 Å². The monoisotopic (exact) mass is 207 g/mol. The first-order chi connectivity index (χ1) is 7.24. The van der Waals surface area contributed by atoms with Gasteiger partial charge in [-0.25, -0.2) is 9.98 Å². The molecule has 81 valence electrons. The molecule has 0 aliphatic carbocycles. The Morgan fingerprint density at radius 3 is 3.20 bits per heavy atom. The minimum absolute atomic E-state index is 0.311. The Labute approximate surface area is 88.8 Å². The van der Waals surface area contributed by atoms with E-state index >= 15 is 0 Å². The van der Waals surface area contributed by atoms with Crippen molar-refractivity contribution < 1.29 is 4.79 Å². The summed E-state index contributed by atoms with van der Waals surface area (Å²) in [6.07, 6.45) is 7.79. The molecule has 1 aromatic rings. The number of H-pyrrole nitrogens is 1. The maximum absolute atomic E-state index is 11.4. The minimum Gasteiger partial charge on any atom is -0.348 e. The molecule has 3 N–H and O–H groups in total. The molecule has 1 rings (SSSR count). The summed E-state index contributed by atoms with van der Waals surface area (Å²) < 4.78 is 0. The molecular weight excluding hydrogens is 192 g/mol. The van der Waals surface area contributed by atoms with Gasteiger partial charge in [-0.2, -0.15) is 0 Å². The number of nitrogens with zero attached hydrogens (tertiary/aromatic N) is 2. The van der Waals surface area contributed by atoms with E-state index in [1.165, 1.54) is 6.21 Å². The molecule has 15 heavy (non-hydrogen) atoms. The number of hydrogen-bond donors (Lipinski definition) is 2. The van der Waals surface area contributed by atoms with Gasteiger partial charge >= 0.3 is 0 Å². The Hall–Kier alpha value is -1.49. The van der Waals surface area contributed by atoms with E-state index in [1.807, 2.05) is 6.92 Å². The van der Waals surface area contributed by atoms with Crippen LogP contribution in [0.25, 0.3) is 0 Å². The molecule has 0 aliphatic heterocycles. The smallest absolute Gasteiger partial charge is 0.262 e. The zero-order chi connectivity index (χ0) is 11.1. The highest BCUT2D eigenvalue weighted by Gasteiger charge is 2.12. The van der Waals surface area contributed by atoms with Crippen LogP contribution < -0.4 is 5.73 Å². The van der Waals surface area contributed by atoms with Crippen molar-refractivity contribution in [3.05, 3.63) is 24.6 Å². The van der Waals surface area contributed by atoms with E-state index in [0.29, 0.717) is 6.42 Å². The minimum atomic E-state index is -0.605. The van der Waals surface area contributed by atoms with Gasteiger partial charge in [0, 0.05) is 30.9 Å². The number of aromatic amines is 1. The topological polar surface area (TPSA) is 84.1 Å². The average Bonchev–Trinajstić information content (AvgIpc) is 2.70. The number of rotatable bonds is 5. The number of carbonyl (C=O) groups excluding carboxylic acids is 1. The maximum Gasteiger partial charge on any atom is 0.262 e. The number of carbonyl (C=O) groups is 1. The normalized spacial score (nSPS) is 13.2. The van der Waals surface area contributed by atoms with E-state index in [-0.39, 0.29) is 5.91 Å². The molecule has 1 amide bonds. The lowest BCUT2D eigenvalue weighted by atomic mass is 10.2. The van der Waals surface area contributed by atoms with Gasteiger partial charge < -0.3 is 10.7 Å². The molecule has 0 aliphatic rings. The Kier molecular flexibility index (Phi) is 4.70. The van der Waals surface area contributed by atoms with E-state index in [1.54, 1.807) is 18.9 Å². The summed E-state index contributed by atoms with van der Waals surface area (Å²) in [4.78, 5) is 21.8. The van der Waals surface area contributed by atoms with E-state index in [0.717, 1.165) is 12.1 Å². The molecule has 0 spiro atoms. The van der Waals surface area contributed by atoms with Crippen molar-refractivity contribution >= 4 is 12.1 Å². The molecule has 0 fully saturated rings. The van der Waals surface area contributed by atoms with Crippen LogP contribution in [0.4, 0.5) is 0 Å². The van der Waals surface area contributed by atoms with E-state index < -0.39 is 6.04 Å². The molecule has 1 aromatic heterocycles. The number of hydrogen-bond acceptors (Lipinski definition) is 3. The van der Waals surface area contributed by atoms with Gasteiger partial charge in [0.1, 0.15) is 0 Å². The fourth-order valence-electron chi connectivity index (χ4n) is 1.05. The zero-order valence-corrected chi connectivity index (χ0v) is 8.68. The van der Waals surface area contributed by atoms with Crippen LogP contribution in [0.2, 0.25) is 0 Å². The molecular formula is C10H15N4O. The number of amides is 1. The van der Waals surface area contributed by atoms with Gasteiger partial charge in [-0.1, -0.05) is 6.92 Å². The van der Waals surface area contributed by atoms with Crippen molar-refractivity contribution in [2.24, 2.45) is 10.7 Å². The molecule has 1 heterocycles. The largest absolute Gasteiger partial charge is 0.348 e. The van der Waals surface area contributed by atoms with Gasteiger partial charge in [0.25, 0.3) is 5.91 Å². The molecule has 0 unspecified atom stereocenters. The molecule has 1 atom stereocenters. The molecule has 0 bridgehead atoms. The first kappa shape index (κ1) is 11.6. The number of nitrogens with one attached hydrogen (secondary N) is 1. The van der Waals surface area contributed by atoms with Gasteiger partial charge in [-0.05, 0) is 6.42 Å². The third-order valence-electron chi connectivity index (χ3n) is 1.85. The second-order valence-corrected chi connectivity index (χ2v) is 3.15. The molecule has 5 heteroatoms. The van der Waals surface area contributed by atoms with Crippen LogP contribution in [-0.2, 0) is 11.2 Å². The lowest BCUT2D eigenvalue weighted by Crippen LogP contribution is -2.31. The van der Waals surface area contributed by atoms with Gasteiger partial charge in [0.05, 0.1) is 12.4 Å². The average molecular weight is 207 g/mol. The van der Waals surface area contributed by atoms with Crippen LogP contribution in [0.3, 0.4) is 0 Å². The standard InChI is InChI=1S/C10H15N4O/c1-2-3-4-13-10(15)9(11)5-8-6-12-7-14-8/h3-4,6-7,9H,2,5,11H2,1H3,(H,12,14)/t9-/m0/s1. The van der Waals surface area contributed by atoms with Crippen molar-refractivity contribution in [1.29, 1.82) is 0 Å². The summed E-state index contributed by atoms with van der Waals surface area (Å²) in [6, 6.07) is -0.605. The molecule has 5 nitrogen and oxygen atoms in total. The zero-order valence-electron chi connectivity index (χ0n) is 8.68.